The normalized spacial score (nSPS) is 11.2. The van der Waals surface area contributed by atoms with Crippen LogP contribution in [0.3, 0.4) is 0 Å². The zero-order chi connectivity index (χ0) is 15.0. The topological polar surface area (TPSA) is 46.1 Å². The summed E-state index contributed by atoms with van der Waals surface area (Å²) in [6, 6.07) is 5.85. The summed E-state index contributed by atoms with van der Waals surface area (Å²) in [5.74, 6) is 2.49. The molecule has 0 saturated heterocycles. The van der Waals surface area contributed by atoms with Gasteiger partial charge in [0, 0.05) is 38.8 Å². The molecule has 5 heteroatoms. The van der Waals surface area contributed by atoms with Crippen LogP contribution in [0.5, 0.6) is 11.5 Å². The van der Waals surface area contributed by atoms with Crippen molar-refractivity contribution in [3.63, 3.8) is 0 Å². The lowest BCUT2D eigenvalue weighted by molar-refractivity contribution is 0.382. The lowest BCUT2D eigenvalue weighted by atomic mass is 10.2. The maximum atomic E-state index is 5.42. The quantitative estimate of drug-likeness (QED) is 0.640. The maximum Gasteiger partial charge on any atom is 0.193 e. The highest BCUT2D eigenvalue weighted by atomic mass is 16.5. The molecule has 0 bridgehead atoms. The van der Waals surface area contributed by atoms with Gasteiger partial charge in [0.25, 0.3) is 0 Å². The number of hydrogen-bond donors (Lipinski definition) is 1. The van der Waals surface area contributed by atoms with Gasteiger partial charge in [0.1, 0.15) is 11.5 Å². The largest absolute Gasteiger partial charge is 0.497 e. The first kappa shape index (κ1) is 16.1. The summed E-state index contributed by atoms with van der Waals surface area (Å²) in [7, 11) is 7.12. The molecule has 0 amide bonds. The van der Waals surface area contributed by atoms with Crippen molar-refractivity contribution < 1.29 is 9.47 Å². The molecule has 0 aliphatic carbocycles. The number of rotatable bonds is 6. The molecule has 0 radical (unpaired) electrons. The third kappa shape index (κ3) is 4.33. The Morgan fingerprint density at radius 2 is 2.05 bits per heavy atom. The van der Waals surface area contributed by atoms with Gasteiger partial charge >= 0.3 is 0 Å². The first-order valence-corrected chi connectivity index (χ1v) is 6.78. The van der Waals surface area contributed by atoms with Crippen LogP contribution in [0.2, 0.25) is 0 Å². The van der Waals surface area contributed by atoms with Gasteiger partial charge in [0.15, 0.2) is 5.96 Å². The average Bonchev–Trinajstić information content (AvgIpc) is 2.48. The second-order valence-electron chi connectivity index (χ2n) is 4.51. The number of hydrogen-bond acceptors (Lipinski definition) is 3. The van der Waals surface area contributed by atoms with Crippen LogP contribution < -0.4 is 14.8 Å². The van der Waals surface area contributed by atoms with Gasteiger partial charge < -0.3 is 19.7 Å². The molecule has 1 rings (SSSR count). The molecule has 112 valence electrons. The smallest absolute Gasteiger partial charge is 0.193 e. The van der Waals surface area contributed by atoms with E-state index in [1.165, 1.54) is 0 Å². The Morgan fingerprint density at radius 1 is 1.30 bits per heavy atom. The molecule has 0 saturated carbocycles. The van der Waals surface area contributed by atoms with Crippen molar-refractivity contribution in [1.82, 2.24) is 10.2 Å². The van der Waals surface area contributed by atoms with E-state index in [4.69, 9.17) is 9.47 Å². The minimum absolute atomic E-state index is 0.719. The number of nitrogens with one attached hydrogen (secondary N) is 1. The van der Waals surface area contributed by atoms with Crippen molar-refractivity contribution in [3.05, 3.63) is 23.8 Å². The van der Waals surface area contributed by atoms with E-state index >= 15 is 0 Å². The number of guanidine groups is 1. The minimum Gasteiger partial charge on any atom is -0.497 e. The summed E-state index contributed by atoms with van der Waals surface area (Å²) >= 11 is 0. The van der Waals surface area contributed by atoms with Gasteiger partial charge in [-0.2, -0.15) is 0 Å². The van der Waals surface area contributed by atoms with E-state index in [0.717, 1.165) is 42.5 Å². The second-order valence-corrected chi connectivity index (χ2v) is 4.51. The molecule has 0 aliphatic rings. The van der Waals surface area contributed by atoms with Gasteiger partial charge in [-0.25, -0.2) is 0 Å². The molecule has 1 aromatic rings. The summed E-state index contributed by atoms with van der Waals surface area (Å²) in [6.45, 7) is 3.76. The van der Waals surface area contributed by atoms with Crippen molar-refractivity contribution in [3.8, 4) is 11.5 Å². The molecule has 5 nitrogen and oxygen atoms in total. The van der Waals surface area contributed by atoms with Gasteiger partial charge in [-0.3, -0.25) is 4.99 Å². The van der Waals surface area contributed by atoms with Crippen LogP contribution in [0.1, 0.15) is 18.9 Å². The summed E-state index contributed by atoms with van der Waals surface area (Å²) in [5, 5.41) is 3.31. The summed E-state index contributed by atoms with van der Waals surface area (Å²) < 4.78 is 10.6. The van der Waals surface area contributed by atoms with Crippen LogP contribution in [-0.2, 0) is 6.54 Å². The van der Waals surface area contributed by atoms with Crippen LogP contribution in [0.4, 0.5) is 0 Å². The van der Waals surface area contributed by atoms with Crippen LogP contribution in [0, 0.1) is 0 Å². The van der Waals surface area contributed by atoms with E-state index in [1.807, 2.05) is 25.2 Å². The fourth-order valence-electron chi connectivity index (χ4n) is 1.93. The fourth-order valence-corrected chi connectivity index (χ4v) is 1.93. The summed E-state index contributed by atoms with van der Waals surface area (Å²) in [5.41, 5.74) is 1.09. The number of benzene rings is 1. The molecule has 20 heavy (non-hydrogen) atoms. The maximum absolute atomic E-state index is 5.42. The molecule has 0 heterocycles. The Kier molecular flexibility index (Phi) is 6.70. The zero-order valence-electron chi connectivity index (χ0n) is 13.1. The molecule has 0 fully saturated rings. The lowest BCUT2D eigenvalue weighted by Gasteiger charge is -2.23. The molecule has 0 spiro atoms. The van der Waals surface area contributed by atoms with Crippen molar-refractivity contribution in [1.29, 1.82) is 0 Å². The highest BCUT2D eigenvalue weighted by molar-refractivity contribution is 5.79. The highest BCUT2D eigenvalue weighted by Crippen LogP contribution is 2.25. The van der Waals surface area contributed by atoms with Gasteiger partial charge in [-0.15, -0.1) is 0 Å². The minimum atomic E-state index is 0.719. The number of ether oxygens (including phenoxy) is 2. The predicted molar refractivity (Wildman–Crippen MR) is 82.7 cm³/mol. The summed E-state index contributed by atoms with van der Waals surface area (Å²) in [6.07, 6.45) is 1.07. The average molecular weight is 279 g/mol. The molecular formula is C15H25N3O2. The highest BCUT2D eigenvalue weighted by Gasteiger charge is 2.10. The molecular weight excluding hydrogens is 254 g/mol. The van der Waals surface area contributed by atoms with E-state index in [0.29, 0.717) is 0 Å². The lowest BCUT2D eigenvalue weighted by Crippen LogP contribution is -2.38. The number of nitrogens with zero attached hydrogens (tertiary/aromatic N) is 2. The first-order valence-electron chi connectivity index (χ1n) is 6.78. The molecule has 0 aliphatic heterocycles. The Bertz CT molecular complexity index is 447. The Morgan fingerprint density at radius 3 is 2.60 bits per heavy atom. The third-order valence-electron chi connectivity index (χ3n) is 3.01. The third-order valence-corrected chi connectivity index (χ3v) is 3.01. The molecule has 1 N–H and O–H groups in total. The van der Waals surface area contributed by atoms with Crippen LogP contribution in [0.25, 0.3) is 0 Å². The van der Waals surface area contributed by atoms with E-state index in [-0.39, 0.29) is 0 Å². The Hall–Kier alpha value is -1.91. The van der Waals surface area contributed by atoms with E-state index in [2.05, 4.69) is 22.1 Å². The second kappa shape index (κ2) is 8.30. The SMILES string of the molecule is CCCNC(=NC)N(C)Cc1ccc(OC)cc1OC. The van der Waals surface area contributed by atoms with Crippen molar-refractivity contribution >= 4 is 5.96 Å². The van der Waals surface area contributed by atoms with Crippen molar-refractivity contribution in [2.24, 2.45) is 4.99 Å². The van der Waals surface area contributed by atoms with Gasteiger partial charge in [-0.1, -0.05) is 6.92 Å². The molecule has 0 unspecified atom stereocenters. The fraction of sp³-hybridized carbons (Fsp3) is 0.533. The zero-order valence-corrected chi connectivity index (χ0v) is 13.1. The number of methoxy groups -OCH3 is 2. The van der Waals surface area contributed by atoms with Crippen molar-refractivity contribution in [2.45, 2.75) is 19.9 Å². The first-order chi connectivity index (χ1) is 9.65. The van der Waals surface area contributed by atoms with Crippen molar-refractivity contribution in [2.75, 3.05) is 34.9 Å². The van der Waals surface area contributed by atoms with Crippen LogP contribution in [-0.4, -0.2) is 45.7 Å². The molecule has 1 aromatic carbocycles. The van der Waals surface area contributed by atoms with E-state index in [1.54, 1.807) is 21.3 Å². The standard InChI is InChI=1S/C15H25N3O2/c1-6-9-17-15(16-2)18(3)11-12-7-8-13(19-4)10-14(12)20-5/h7-8,10H,6,9,11H2,1-5H3,(H,16,17). The van der Waals surface area contributed by atoms with Gasteiger partial charge in [0.05, 0.1) is 14.2 Å². The van der Waals surface area contributed by atoms with E-state index < -0.39 is 0 Å². The number of aliphatic imine (C=N–C) groups is 1. The monoisotopic (exact) mass is 279 g/mol. The Labute approximate surface area is 121 Å². The molecule has 0 atom stereocenters. The van der Waals surface area contributed by atoms with Crippen LogP contribution in [0.15, 0.2) is 23.2 Å². The predicted octanol–water partition coefficient (Wildman–Crippen LogP) is 2.12. The van der Waals surface area contributed by atoms with Gasteiger partial charge in [0.2, 0.25) is 0 Å². The Balaban J connectivity index is 2.81. The van der Waals surface area contributed by atoms with Crippen LogP contribution >= 0.6 is 0 Å². The molecule has 0 aromatic heterocycles. The van der Waals surface area contributed by atoms with E-state index in [9.17, 15) is 0 Å². The van der Waals surface area contributed by atoms with Gasteiger partial charge in [-0.05, 0) is 18.6 Å². The summed E-state index contributed by atoms with van der Waals surface area (Å²) in [4.78, 5) is 6.35.